The van der Waals surface area contributed by atoms with Crippen LogP contribution in [0.5, 0.6) is 0 Å². The van der Waals surface area contributed by atoms with Gasteiger partial charge in [-0.3, -0.25) is 0 Å². The van der Waals surface area contributed by atoms with Crippen LogP contribution in [0, 0.1) is 13.8 Å². The van der Waals surface area contributed by atoms with Crippen LogP contribution >= 0.6 is 11.3 Å². The standard InChI is InChI=1S/C18H21N3OS/c1-12-9-16(14(3)23-12)13(2)19-11-18-20-17(21-22-18)10-15-7-5-4-6-8-15/h4-9,13,19H,10-11H2,1-3H3/t13-/m1/s1. The summed E-state index contributed by atoms with van der Waals surface area (Å²) in [7, 11) is 0. The van der Waals surface area contributed by atoms with Crippen LogP contribution in [-0.4, -0.2) is 10.1 Å². The third-order valence-corrected chi connectivity index (χ3v) is 4.80. The zero-order valence-electron chi connectivity index (χ0n) is 13.7. The number of thiophene rings is 1. The third kappa shape index (κ3) is 4.06. The summed E-state index contributed by atoms with van der Waals surface area (Å²) in [6.07, 6.45) is 0.697. The van der Waals surface area contributed by atoms with E-state index in [1.54, 1.807) is 0 Å². The number of hydrogen-bond donors (Lipinski definition) is 1. The molecule has 23 heavy (non-hydrogen) atoms. The average molecular weight is 327 g/mol. The van der Waals surface area contributed by atoms with Crippen molar-refractivity contribution in [2.24, 2.45) is 0 Å². The van der Waals surface area contributed by atoms with Crippen molar-refractivity contribution in [2.75, 3.05) is 0 Å². The molecule has 0 saturated heterocycles. The molecule has 0 amide bonds. The molecule has 4 nitrogen and oxygen atoms in total. The van der Waals surface area contributed by atoms with E-state index in [9.17, 15) is 0 Å². The second-order valence-corrected chi connectivity index (χ2v) is 7.20. The number of aromatic nitrogens is 2. The molecule has 1 aromatic carbocycles. The Bertz CT molecular complexity index is 764. The van der Waals surface area contributed by atoms with E-state index in [1.807, 2.05) is 29.5 Å². The Balaban J connectivity index is 1.58. The molecular weight excluding hydrogens is 306 g/mol. The van der Waals surface area contributed by atoms with Gasteiger partial charge in [0.2, 0.25) is 5.89 Å². The largest absolute Gasteiger partial charge is 0.338 e. The highest BCUT2D eigenvalue weighted by Gasteiger charge is 2.13. The smallest absolute Gasteiger partial charge is 0.240 e. The topological polar surface area (TPSA) is 51.0 Å². The van der Waals surface area contributed by atoms with Crippen LogP contribution in [0.4, 0.5) is 0 Å². The molecule has 0 radical (unpaired) electrons. The van der Waals surface area contributed by atoms with Gasteiger partial charge in [-0.15, -0.1) is 11.3 Å². The Morgan fingerprint density at radius 2 is 2.00 bits per heavy atom. The Hall–Kier alpha value is -1.98. The quantitative estimate of drug-likeness (QED) is 0.737. The second-order valence-electron chi connectivity index (χ2n) is 5.74. The SMILES string of the molecule is Cc1cc([C@@H](C)NCc2nc(Cc3ccccc3)no2)c(C)s1. The fraction of sp³-hybridized carbons (Fsp3) is 0.333. The Kier molecular flexibility index (Phi) is 4.88. The van der Waals surface area contributed by atoms with Crippen molar-refractivity contribution >= 4 is 11.3 Å². The number of rotatable bonds is 6. The molecular formula is C18H21N3OS. The molecule has 0 saturated carbocycles. The lowest BCUT2D eigenvalue weighted by Gasteiger charge is -2.11. The maximum atomic E-state index is 5.34. The van der Waals surface area contributed by atoms with Crippen molar-refractivity contribution < 1.29 is 4.52 Å². The van der Waals surface area contributed by atoms with E-state index in [0.29, 0.717) is 18.9 Å². The highest BCUT2D eigenvalue weighted by atomic mass is 32.1. The first-order valence-corrected chi connectivity index (χ1v) is 8.59. The van der Waals surface area contributed by atoms with Crippen molar-refractivity contribution in [3.8, 4) is 0 Å². The van der Waals surface area contributed by atoms with Gasteiger partial charge in [0.05, 0.1) is 6.54 Å². The Morgan fingerprint density at radius 3 is 2.70 bits per heavy atom. The fourth-order valence-electron chi connectivity index (χ4n) is 2.64. The first-order valence-electron chi connectivity index (χ1n) is 7.77. The van der Waals surface area contributed by atoms with E-state index in [1.165, 1.54) is 20.9 Å². The van der Waals surface area contributed by atoms with Crippen LogP contribution in [0.25, 0.3) is 0 Å². The zero-order valence-corrected chi connectivity index (χ0v) is 14.5. The van der Waals surface area contributed by atoms with Crippen molar-refractivity contribution in [3.05, 3.63) is 69.0 Å². The summed E-state index contributed by atoms with van der Waals surface area (Å²) >= 11 is 1.83. The van der Waals surface area contributed by atoms with E-state index >= 15 is 0 Å². The maximum Gasteiger partial charge on any atom is 0.240 e. The molecule has 3 rings (SSSR count). The minimum absolute atomic E-state index is 0.268. The summed E-state index contributed by atoms with van der Waals surface area (Å²) in [6.45, 7) is 7.05. The van der Waals surface area contributed by atoms with Gasteiger partial charge in [0.15, 0.2) is 5.82 Å². The molecule has 0 unspecified atom stereocenters. The summed E-state index contributed by atoms with van der Waals surface area (Å²) in [6, 6.07) is 12.7. The van der Waals surface area contributed by atoms with Gasteiger partial charge in [0.25, 0.3) is 0 Å². The van der Waals surface area contributed by atoms with E-state index in [2.05, 4.69) is 54.4 Å². The summed E-state index contributed by atoms with van der Waals surface area (Å²) < 4.78 is 5.34. The lowest BCUT2D eigenvalue weighted by molar-refractivity contribution is 0.356. The second kappa shape index (κ2) is 7.06. The maximum absolute atomic E-state index is 5.34. The highest BCUT2D eigenvalue weighted by molar-refractivity contribution is 7.12. The molecule has 0 fully saturated rings. The molecule has 2 heterocycles. The number of hydrogen-bond acceptors (Lipinski definition) is 5. The summed E-state index contributed by atoms with van der Waals surface area (Å²) in [5.74, 6) is 1.36. The van der Waals surface area contributed by atoms with Crippen molar-refractivity contribution in [2.45, 2.75) is 39.8 Å². The lowest BCUT2D eigenvalue weighted by atomic mass is 10.1. The van der Waals surface area contributed by atoms with Gasteiger partial charge >= 0.3 is 0 Å². The molecule has 0 bridgehead atoms. The van der Waals surface area contributed by atoms with Crippen LogP contribution in [-0.2, 0) is 13.0 Å². The van der Waals surface area contributed by atoms with E-state index < -0.39 is 0 Å². The summed E-state index contributed by atoms with van der Waals surface area (Å²) in [5, 5.41) is 7.52. The zero-order chi connectivity index (χ0) is 16.2. The fourth-order valence-corrected chi connectivity index (χ4v) is 3.67. The average Bonchev–Trinajstić information content (AvgIpc) is 3.12. The first-order chi connectivity index (χ1) is 11.1. The van der Waals surface area contributed by atoms with Gasteiger partial charge in [-0.25, -0.2) is 0 Å². The third-order valence-electron chi connectivity index (χ3n) is 3.82. The predicted octanol–water partition coefficient (Wildman–Crippen LogP) is 4.19. The van der Waals surface area contributed by atoms with Crippen LogP contribution in [0.2, 0.25) is 0 Å². The van der Waals surface area contributed by atoms with E-state index in [-0.39, 0.29) is 6.04 Å². The Morgan fingerprint density at radius 1 is 1.22 bits per heavy atom. The van der Waals surface area contributed by atoms with Gasteiger partial charge in [-0.2, -0.15) is 4.98 Å². The number of nitrogens with zero attached hydrogens (tertiary/aromatic N) is 2. The molecule has 0 spiro atoms. The highest BCUT2D eigenvalue weighted by Crippen LogP contribution is 2.26. The Labute approximate surface area is 140 Å². The van der Waals surface area contributed by atoms with Gasteiger partial charge in [-0.05, 0) is 38.0 Å². The molecule has 5 heteroatoms. The first kappa shape index (κ1) is 15.9. The van der Waals surface area contributed by atoms with Crippen LogP contribution in [0.15, 0.2) is 40.9 Å². The van der Waals surface area contributed by atoms with Crippen molar-refractivity contribution in [1.82, 2.24) is 15.5 Å². The number of nitrogens with one attached hydrogen (secondary N) is 1. The molecule has 0 aliphatic rings. The molecule has 1 atom stereocenters. The monoisotopic (exact) mass is 327 g/mol. The van der Waals surface area contributed by atoms with Crippen LogP contribution in [0.3, 0.4) is 0 Å². The predicted molar refractivity (Wildman–Crippen MR) is 92.6 cm³/mol. The van der Waals surface area contributed by atoms with Crippen molar-refractivity contribution in [3.63, 3.8) is 0 Å². The van der Waals surface area contributed by atoms with E-state index in [0.717, 1.165) is 5.82 Å². The molecule has 2 aromatic heterocycles. The minimum Gasteiger partial charge on any atom is -0.338 e. The molecule has 3 aromatic rings. The molecule has 0 aliphatic heterocycles. The number of benzene rings is 1. The van der Waals surface area contributed by atoms with Gasteiger partial charge < -0.3 is 9.84 Å². The minimum atomic E-state index is 0.268. The van der Waals surface area contributed by atoms with Crippen LogP contribution < -0.4 is 5.32 Å². The summed E-state index contributed by atoms with van der Waals surface area (Å²) in [4.78, 5) is 7.16. The van der Waals surface area contributed by atoms with Crippen LogP contribution in [0.1, 0.15) is 45.6 Å². The van der Waals surface area contributed by atoms with Crippen molar-refractivity contribution in [1.29, 1.82) is 0 Å². The molecule has 120 valence electrons. The summed E-state index contributed by atoms with van der Waals surface area (Å²) in [5.41, 5.74) is 2.53. The normalized spacial score (nSPS) is 12.5. The lowest BCUT2D eigenvalue weighted by Crippen LogP contribution is -2.18. The van der Waals surface area contributed by atoms with E-state index in [4.69, 9.17) is 4.52 Å². The molecule has 0 aliphatic carbocycles. The van der Waals surface area contributed by atoms with Gasteiger partial charge in [-0.1, -0.05) is 35.5 Å². The van der Waals surface area contributed by atoms with Gasteiger partial charge in [0.1, 0.15) is 0 Å². The molecule has 1 N–H and O–H groups in total. The van der Waals surface area contributed by atoms with Gasteiger partial charge in [0, 0.05) is 22.2 Å². The number of aryl methyl sites for hydroxylation is 2.